The van der Waals surface area contributed by atoms with E-state index in [4.69, 9.17) is 15.3 Å². The Morgan fingerprint density at radius 3 is 0.833 bits per heavy atom. The molecular formula is H14LiMgNO9. The summed E-state index contributed by atoms with van der Waals surface area (Å²) in [5, 5.41) is 14.8. The number of hydrogen-bond acceptors (Lipinski definition) is 3. The molecule has 10 nitrogen and oxygen atoms in total. The maximum absolute atomic E-state index is 8.25. The van der Waals surface area contributed by atoms with E-state index in [1.165, 1.54) is 0 Å². The summed E-state index contributed by atoms with van der Waals surface area (Å²) < 4.78 is 0. The van der Waals surface area contributed by atoms with Gasteiger partial charge in [-0.05, 0) is 0 Å². The fourth-order valence-electron chi connectivity index (χ4n) is 0. The molecule has 0 aromatic carbocycles. The van der Waals surface area contributed by atoms with Crippen LogP contribution < -0.4 is 18.9 Å². The summed E-state index contributed by atoms with van der Waals surface area (Å²) in [4.78, 5) is 8.25. The normalized spacial score (nSPS) is 2.00. The van der Waals surface area contributed by atoms with E-state index >= 15 is 0 Å². The largest absolute Gasteiger partial charge is 2.00 e. The molecule has 0 fully saturated rings. The Kier molecular flexibility index (Phi) is 1300. The quantitative estimate of drug-likeness (QED) is 0.211. The molecule has 76 valence electrons. The summed E-state index contributed by atoms with van der Waals surface area (Å²) in [7, 11) is 0. The second-order valence-electron chi connectivity index (χ2n) is 0.224. The van der Waals surface area contributed by atoms with Gasteiger partial charge in [0, 0.05) is 0 Å². The molecule has 0 amide bonds. The predicted octanol–water partition coefficient (Wildman–Crippen LogP) is -8.34. The monoisotopic (exact) mass is 203 g/mol. The van der Waals surface area contributed by atoms with E-state index < -0.39 is 5.09 Å². The third-order valence-electron chi connectivity index (χ3n) is 0. The molecule has 0 heterocycles. The summed E-state index contributed by atoms with van der Waals surface area (Å²) >= 11 is 0. The van der Waals surface area contributed by atoms with Gasteiger partial charge < -0.3 is 51.0 Å². The van der Waals surface area contributed by atoms with Gasteiger partial charge in [0.2, 0.25) is 0 Å². The van der Waals surface area contributed by atoms with Crippen molar-refractivity contribution in [2.45, 2.75) is 0 Å². The molecule has 0 radical (unpaired) electrons. The van der Waals surface area contributed by atoms with Gasteiger partial charge in [-0.15, -0.1) is 0 Å². The molecule has 12 heavy (non-hydrogen) atoms. The van der Waals surface area contributed by atoms with E-state index in [0.717, 1.165) is 0 Å². The van der Waals surface area contributed by atoms with Crippen molar-refractivity contribution >= 4 is 23.1 Å². The topological polar surface area (TPSA) is 255 Å². The van der Waals surface area contributed by atoms with Crippen molar-refractivity contribution in [2.24, 2.45) is 0 Å². The number of rotatable bonds is 0. The van der Waals surface area contributed by atoms with Crippen LogP contribution in [0.3, 0.4) is 0 Å². The Hall–Kier alpha value is 0.324. The minimum absolute atomic E-state index is 0. The molecule has 12 heteroatoms. The second kappa shape index (κ2) is 109. The minimum Gasteiger partial charge on any atom is -1.00 e. The second-order valence-corrected chi connectivity index (χ2v) is 0.224. The van der Waals surface area contributed by atoms with Crippen molar-refractivity contribution in [3.05, 3.63) is 15.3 Å². The molecular weight excluding hydrogens is 189 g/mol. The standard InChI is InChI=1S/Li.Mg.NO3.6H2O.2H/c;;2-1(3)4;;;;;;;;/h;;;6*1H2;;/q+1;+2;-1;;;;;;;2*-1. The van der Waals surface area contributed by atoms with Gasteiger partial charge in [-0.3, -0.25) is 0 Å². The van der Waals surface area contributed by atoms with Gasteiger partial charge in [0.05, 0.1) is 5.09 Å². The molecule has 12 N–H and O–H groups in total. The van der Waals surface area contributed by atoms with Crippen molar-refractivity contribution in [3.8, 4) is 0 Å². The van der Waals surface area contributed by atoms with Crippen LogP contribution in [0.1, 0.15) is 2.85 Å². The molecule has 0 atom stereocenters. The first kappa shape index (κ1) is 143. The predicted molar refractivity (Wildman–Crippen MR) is 40.0 cm³/mol. The van der Waals surface area contributed by atoms with Crippen LogP contribution in [0, 0.1) is 15.3 Å². The molecule has 0 rings (SSSR count). The Labute approximate surface area is 98.2 Å². The van der Waals surface area contributed by atoms with Crippen LogP contribution >= 0.6 is 0 Å². The average Bonchev–Trinajstić information content (AvgIpc) is 0.811. The van der Waals surface area contributed by atoms with Crippen LogP contribution in [0.5, 0.6) is 0 Å². The van der Waals surface area contributed by atoms with E-state index in [0.29, 0.717) is 0 Å². The van der Waals surface area contributed by atoms with Crippen molar-refractivity contribution in [1.29, 1.82) is 0 Å². The Balaban J connectivity index is -0.000000001000. The van der Waals surface area contributed by atoms with Crippen LogP contribution in [-0.4, -0.2) is 61.0 Å². The average molecular weight is 203 g/mol. The molecule has 0 spiro atoms. The van der Waals surface area contributed by atoms with Gasteiger partial charge in [-0.25, -0.2) is 0 Å². The fourth-order valence-corrected chi connectivity index (χ4v) is 0. The molecule has 0 bridgehead atoms. The van der Waals surface area contributed by atoms with Gasteiger partial charge in [-0.1, -0.05) is 0 Å². The van der Waals surface area contributed by atoms with Crippen LogP contribution in [0.4, 0.5) is 0 Å². The first-order valence-electron chi connectivity index (χ1n) is 0.548. The molecule has 0 unspecified atom stereocenters. The smallest absolute Gasteiger partial charge is 1.00 e. The van der Waals surface area contributed by atoms with Crippen molar-refractivity contribution in [2.75, 3.05) is 0 Å². The van der Waals surface area contributed by atoms with Gasteiger partial charge in [0.1, 0.15) is 0 Å². The van der Waals surface area contributed by atoms with Crippen LogP contribution in [0.25, 0.3) is 0 Å². The maximum Gasteiger partial charge on any atom is 2.00 e. The molecule has 0 saturated carbocycles. The zero-order chi connectivity index (χ0) is 3.58. The van der Waals surface area contributed by atoms with Gasteiger partial charge >= 0.3 is 41.9 Å². The third kappa shape index (κ3) is 8570. The van der Waals surface area contributed by atoms with E-state index in [9.17, 15) is 0 Å². The van der Waals surface area contributed by atoms with Crippen LogP contribution in [-0.2, 0) is 0 Å². The molecule has 0 aromatic rings. The Morgan fingerprint density at radius 2 is 0.833 bits per heavy atom. The summed E-state index contributed by atoms with van der Waals surface area (Å²) in [5.41, 5.74) is 0. The SMILES string of the molecule is O.O.O.O.O.O.O=[N+]([O-])[O-].[H-].[H-].[Li+].[Mg+2]. The summed E-state index contributed by atoms with van der Waals surface area (Å²) in [6.07, 6.45) is 0. The van der Waals surface area contributed by atoms with E-state index in [1.54, 1.807) is 0 Å². The summed E-state index contributed by atoms with van der Waals surface area (Å²) in [5.74, 6) is 0. The van der Waals surface area contributed by atoms with Gasteiger partial charge in [0.25, 0.3) is 0 Å². The van der Waals surface area contributed by atoms with Crippen molar-refractivity contribution in [1.82, 2.24) is 0 Å². The first-order chi connectivity index (χ1) is 1.73. The number of nitrogens with zero attached hydrogens (tertiary/aromatic N) is 1. The third-order valence-corrected chi connectivity index (χ3v) is 0. The summed E-state index contributed by atoms with van der Waals surface area (Å²) in [6.45, 7) is 0. The fraction of sp³-hybridized carbons (Fsp3) is 0. The van der Waals surface area contributed by atoms with E-state index in [1.807, 2.05) is 0 Å². The molecule has 0 aliphatic carbocycles. The summed E-state index contributed by atoms with van der Waals surface area (Å²) in [6, 6.07) is 0. The first-order valence-corrected chi connectivity index (χ1v) is 0.548. The van der Waals surface area contributed by atoms with Gasteiger partial charge in [-0.2, -0.15) is 0 Å². The van der Waals surface area contributed by atoms with Crippen molar-refractivity contribution < 1.29 is 59.7 Å². The molecule has 0 aromatic heterocycles. The Bertz CT molecular complexity index is 45.8. The minimum atomic E-state index is -1.75. The van der Waals surface area contributed by atoms with Gasteiger partial charge in [0.15, 0.2) is 0 Å². The Morgan fingerprint density at radius 1 is 0.833 bits per heavy atom. The van der Waals surface area contributed by atoms with E-state index in [-0.39, 0.29) is 77.6 Å². The molecule has 0 saturated heterocycles. The zero-order valence-electron chi connectivity index (χ0n) is 8.38. The van der Waals surface area contributed by atoms with Crippen LogP contribution in [0.15, 0.2) is 0 Å². The maximum atomic E-state index is 8.25. The van der Waals surface area contributed by atoms with Crippen LogP contribution in [0.2, 0.25) is 0 Å². The van der Waals surface area contributed by atoms with E-state index in [2.05, 4.69) is 0 Å². The van der Waals surface area contributed by atoms with Crippen molar-refractivity contribution in [3.63, 3.8) is 0 Å². The molecule has 0 aliphatic heterocycles. The number of hydrogen-bond donors (Lipinski definition) is 0. The zero-order valence-corrected chi connectivity index (χ0v) is 7.79. The molecule has 0 aliphatic rings.